The zero-order chi connectivity index (χ0) is 20.1. The molecule has 1 N–H and O–H groups in total. The molecule has 0 atom stereocenters. The van der Waals surface area contributed by atoms with Crippen LogP contribution in [0.3, 0.4) is 0 Å². The van der Waals surface area contributed by atoms with Gasteiger partial charge in [0.25, 0.3) is 0 Å². The highest BCUT2D eigenvalue weighted by Crippen LogP contribution is 2.32. The first kappa shape index (κ1) is 19.2. The molecular formula is C18H15F3N6O. The van der Waals surface area contributed by atoms with Crippen molar-refractivity contribution in [2.24, 2.45) is 0 Å². The van der Waals surface area contributed by atoms with E-state index in [4.69, 9.17) is 0 Å². The van der Waals surface area contributed by atoms with Gasteiger partial charge >= 0.3 is 6.18 Å². The molecule has 1 amide bonds. The first-order valence-corrected chi connectivity index (χ1v) is 8.11. The standard InChI is InChI=1S/C18H15F3N6O/c1-12-4-14(6-15(5-12)18(19,20)21)17-25-11-27(26-17)3-2-16(28)24-9-13-7-22-10-23-8-13/h2-8,10-11H,9H2,1H3,(H,24,28)/b3-2-. The molecule has 0 saturated carbocycles. The second-order valence-electron chi connectivity index (χ2n) is 5.91. The summed E-state index contributed by atoms with van der Waals surface area (Å²) in [6, 6.07) is 3.61. The summed E-state index contributed by atoms with van der Waals surface area (Å²) >= 11 is 0. The molecule has 3 aromatic rings. The Labute approximate surface area is 158 Å². The van der Waals surface area contributed by atoms with E-state index < -0.39 is 11.7 Å². The van der Waals surface area contributed by atoms with E-state index in [9.17, 15) is 18.0 Å². The second kappa shape index (κ2) is 7.99. The van der Waals surface area contributed by atoms with E-state index in [0.29, 0.717) is 5.56 Å². The van der Waals surface area contributed by atoms with Crippen molar-refractivity contribution in [1.82, 2.24) is 30.0 Å². The number of carbonyl (C=O) groups is 1. The molecule has 2 heterocycles. The molecule has 10 heteroatoms. The maximum atomic E-state index is 13.0. The van der Waals surface area contributed by atoms with Gasteiger partial charge in [-0.05, 0) is 30.7 Å². The minimum Gasteiger partial charge on any atom is -0.348 e. The summed E-state index contributed by atoms with van der Waals surface area (Å²) in [5.41, 5.74) is 0.667. The SMILES string of the molecule is Cc1cc(-c2ncn(/C=C\C(=O)NCc3cncnc3)n2)cc(C(F)(F)F)c1. The van der Waals surface area contributed by atoms with E-state index in [0.717, 1.165) is 17.7 Å². The number of nitrogens with zero attached hydrogens (tertiary/aromatic N) is 5. The Morgan fingerprint density at radius 1 is 1.21 bits per heavy atom. The van der Waals surface area contributed by atoms with Crippen LogP contribution in [0.25, 0.3) is 17.6 Å². The highest BCUT2D eigenvalue weighted by molar-refractivity contribution is 5.89. The smallest absolute Gasteiger partial charge is 0.348 e. The van der Waals surface area contributed by atoms with Gasteiger partial charge in [-0.25, -0.2) is 19.6 Å². The van der Waals surface area contributed by atoms with Gasteiger partial charge in [-0.15, -0.1) is 5.10 Å². The lowest BCUT2D eigenvalue weighted by atomic mass is 10.1. The Bertz CT molecular complexity index is 998. The Morgan fingerprint density at radius 2 is 1.96 bits per heavy atom. The number of aromatic nitrogens is 5. The van der Waals surface area contributed by atoms with Gasteiger partial charge in [-0.1, -0.05) is 0 Å². The zero-order valence-corrected chi connectivity index (χ0v) is 14.7. The first-order valence-electron chi connectivity index (χ1n) is 8.11. The number of aryl methyl sites for hydroxylation is 1. The lowest BCUT2D eigenvalue weighted by Gasteiger charge is -2.09. The van der Waals surface area contributed by atoms with Crippen molar-refractivity contribution in [3.05, 3.63) is 66.0 Å². The van der Waals surface area contributed by atoms with Crippen molar-refractivity contribution >= 4 is 12.1 Å². The number of rotatable bonds is 5. The fourth-order valence-electron chi connectivity index (χ4n) is 2.37. The molecule has 3 rings (SSSR count). The normalized spacial score (nSPS) is 11.7. The largest absolute Gasteiger partial charge is 0.416 e. The predicted molar refractivity (Wildman–Crippen MR) is 94.4 cm³/mol. The molecule has 7 nitrogen and oxygen atoms in total. The van der Waals surface area contributed by atoms with Crippen LogP contribution in [0.1, 0.15) is 16.7 Å². The molecule has 28 heavy (non-hydrogen) atoms. The summed E-state index contributed by atoms with van der Waals surface area (Å²) in [4.78, 5) is 23.5. The van der Waals surface area contributed by atoms with Crippen LogP contribution in [0.4, 0.5) is 13.2 Å². The summed E-state index contributed by atoms with van der Waals surface area (Å²) in [5.74, 6) is -0.253. The molecule has 0 aliphatic carbocycles. The van der Waals surface area contributed by atoms with Crippen LogP contribution in [0.2, 0.25) is 0 Å². The molecule has 1 aromatic carbocycles. The van der Waals surface area contributed by atoms with E-state index in [1.165, 1.54) is 29.6 Å². The second-order valence-corrected chi connectivity index (χ2v) is 5.91. The van der Waals surface area contributed by atoms with E-state index >= 15 is 0 Å². The summed E-state index contributed by atoms with van der Waals surface area (Å²) in [6.07, 6.45) is 3.99. The van der Waals surface area contributed by atoms with Gasteiger partial charge in [-0.3, -0.25) is 4.79 Å². The number of hydrogen-bond acceptors (Lipinski definition) is 5. The average molecular weight is 388 g/mol. The van der Waals surface area contributed by atoms with Gasteiger partial charge in [0.15, 0.2) is 5.82 Å². The molecule has 0 bridgehead atoms. The number of amides is 1. The molecule has 0 saturated heterocycles. The van der Waals surface area contributed by atoms with Gasteiger partial charge in [0.05, 0.1) is 5.56 Å². The van der Waals surface area contributed by atoms with Crippen LogP contribution in [0.5, 0.6) is 0 Å². The number of benzene rings is 1. The molecule has 0 aliphatic heterocycles. The van der Waals surface area contributed by atoms with Crippen LogP contribution < -0.4 is 5.32 Å². The van der Waals surface area contributed by atoms with E-state index in [1.807, 2.05) is 0 Å². The first-order chi connectivity index (χ1) is 13.3. The number of nitrogens with one attached hydrogen (secondary N) is 1. The Hall–Kier alpha value is -3.56. The average Bonchev–Trinajstić information content (AvgIpc) is 3.13. The van der Waals surface area contributed by atoms with Gasteiger partial charge in [0.2, 0.25) is 5.91 Å². The van der Waals surface area contributed by atoms with Crippen molar-refractivity contribution in [2.75, 3.05) is 0 Å². The summed E-state index contributed by atoms with van der Waals surface area (Å²) in [5, 5.41) is 6.73. The topological polar surface area (TPSA) is 85.6 Å². The monoisotopic (exact) mass is 388 g/mol. The van der Waals surface area contributed by atoms with E-state index in [-0.39, 0.29) is 23.8 Å². The van der Waals surface area contributed by atoms with Crippen LogP contribution in [-0.2, 0) is 17.5 Å². The summed E-state index contributed by atoms with van der Waals surface area (Å²) in [6.45, 7) is 1.83. The lowest BCUT2D eigenvalue weighted by Crippen LogP contribution is -2.20. The van der Waals surface area contributed by atoms with Gasteiger partial charge in [-0.2, -0.15) is 13.2 Å². The summed E-state index contributed by atoms with van der Waals surface area (Å²) < 4.78 is 40.1. The highest BCUT2D eigenvalue weighted by atomic mass is 19.4. The molecule has 0 fully saturated rings. The molecule has 0 radical (unpaired) electrons. The molecule has 0 spiro atoms. The number of carbonyl (C=O) groups excluding carboxylic acids is 1. The van der Waals surface area contributed by atoms with Crippen molar-refractivity contribution in [3.8, 4) is 11.4 Å². The number of hydrogen-bond donors (Lipinski definition) is 1. The van der Waals surface area contributed by atoms with Crippen molar-refractivity contribution < 1.29 is 18.0 Å². The van der Waals surface area contributed by atoms with Crippen molar-refractivity contribution in [2.45, 2.75) is 19.6 Å². The highest BCUT2D eigenvalue weighted by Gasteiger charge is 2.31. The third-order valence-electron chi connectivity index (χ3n) is 3.63. The van der Waals surface area contributed by atoms with Crippen LogP contribution >= 0.6 is 0 Å². The third-order valence-corrected chi connectivity index (χ3v) is 3.63. The van der Waals surface area contributed by atoms with Gasteiger partial charge < -0.3 is 5.32 Å². The number of alkyl halides is 3. The van der Waals surface area contributed by atoms with Crippen molar-refractivity contribution in [1.29, 1.82) is 0 Å². The van der Waals surface area contributed by atoms with Crippen LogP contribution in [-0.4, -0.2) is 30.6 Å². The minimum atomic E-state index is -4.45. The van der Waals surface area contributed by atoms with Crippen LogP contribution in [0.15, 0.2) is 49.3 Å². The van der Waals surface area contributed by atoms with Crippen LogP contribution in [0, 0.1) is 6.92 Å². The Kier molecular flexibility index (Phi) is 5.48. The fourth-order valence-corrected chi connectivity index (χ4v) is 2.37. The summed E-state index contributed by atoms with van der Waals surface area (Å²) in [7, 11) is 0. The molecule has 144 valence electrons. The fraction of sp³-hybridized carbons (Fsp3) is 0.167. The van der Waals surface area contributed by atoms with E-state index in [1.54, 1.807) is 25.4 Å². The Balaban J connectivity index is 1.68. The molecule has 0 unspecified atom stereocenters. The lowest BCUT2D eigenvalue weighted by molar-refractivity contribution is -0.137. The quantitative estimate of drug-likeness (QED) is 0.680. The van der Waals surface area contributed by atoms with Gasteiger partial charge in [0.1, 0.15) is 12.7 Å². The molecular weight excluding hydrogens is 373 g/mol. The maximum absolute atomic E-state index is 13.0. The minimum absolute atomic E-state index is 0.126. The molecule has 0 aliphatic rings. The molecule has 2 aromatic heterocycles. The maximum Gasteiger partial charge on any atom is 0.416 e. The zero-order valence-electron chi connectivity index (χ0n) is 14.7. The van der Waals surface area contributed by atoms with Crippen molar-refractivity contribution in [3.63, 3.8) is 0 Å². The third kappa shape index (κ3) is 5.00. The predicted octanol–water partition coefficient (Wildman–Crippen LogP) is 2.85. The van der Waals surface area contributed by atoms with Gasteiger partial charge in [0, 0.05) is 42.3 Å². The number of halogens is 3. The Morgan fingerprint density at radius 3 is 2.68 bits per heavy atom. The van der Waals surface area contributed by atoms with E-state index in [2.05, 4.69) is 25.4 Å².